The molecule has 1 saturated carbocycles. The van der Waals surface area contributed by atoms with Crippen LogP contribution in [0.2, 0.25) is 0 Å². The lowest BCUT2D eigenvalue weighted by atomic mass is 9.82. The smallest absolute Gasteiger partial charge is 0.00194 e. The molecule has 2 aliphatic rings. The number of nitrogens with two attached hydrogens (primary N) is 1. The van der Waals surface area contributed by atoms with Crippen molar-refractivity contribution in [3.05, 3.63) is 0 Å². The number of likely N-dealkylation sites (tertiary alicyclic amines) is 1. The van der Waals surface area contributed by atoms with Gasteiger partial charge >= 0.3 is 0 Å². The third kappa shape index (κ3) is 4.22. The van der Waals surface area contributed by atoms with E-state index in [9.17, 15) is 0 Å². The van der Waals surface area contributed by atoms with Crippen LogP contribution in [-0.2, 0) is 0 Å². The van der Waals surface area contributed by atoms with Gasteiger partial charge in [0.2, 0.25) is 0 Å². The molecule has 0 aromatic heterocycles. The van der Waals surface area contributed by atoms with Crippen molar-refractivity contribution < 1.29 is 0 Å². The highest BCUT2D eigenvalue weighted by molar-refractivity contribution is 4.78. The predicted octanol–water partition coefficient (Wildman–Crippen LogP) is 1.64. The Kier molecular flexibility index (Phi) is 5.46. The zero-order chi connectivity index (χ0) is 13.0. The van der Waals surface area contributed by atoms with Gasteiger partial charge < -0.3 is 15.5 Å². The summed E-state index contributed by atoms with van der Waals surface area (Å²) >= 11 is 0. The van der Waals surface area contributed by atoms with Crippen LogP contribution in [0.1, 0.15) is 32.1 Å². The van der Waals surface area contributed by atoms with E-state index >= 15 is 0 Å². The Hall–Kier alpha value is -0.120. The van der Waals surface area contributed by atoms with Gasteiger partial charge in [-0.05, 0) is 77.0 Å². The first-order chi connectivity index (χ1) is 8.67. The van der Waals surface area contributed by atoms with Crippen LogP contribution < -0.4 is 5.73 Å². The van der Waals surface area contributed by atoms with Gasteiger partial charge in [0.05, 0.1) is 0 Å². The highest BCUT2D eigenvalue weighted by Crippen LogP contribution is 2.28. The van der Waals surface area contributed by atoms with Crippen LogP contribution in [0.15, 0.2) is 0 Å². The van der Waals surface area contributed by atoms with Crippen molar-refractivity contribution in [3.63, 3.8) is 0 Å². The quantitative estimate of drug-likeness (QED) is 0.808. The van der Waals surface area contributed by atoms with E-state index in [1.165, 1.54) is 58.3 Å². The van der Waals surface area contributed by atoms with E-state index in [0.717, 1.165) is 24.3 Å². The van der Waals surface area contributed by atoms with Crippen LogP contribution >= 0.6 is 0 Å². The standard InChI is InChI=1S/C15H31N3/c1-17-8-7-15(11-17)12-18(2)10-14-5-3-13(9-16)4-6-14/h13-15H,3-12,16H2,1-2H3. The minimum absolute atomic E-state index is 0.815. The van der Waals surface area contributed by atoms with Crippen molar-refractivity contribution >= 4 is 0 Å². The van der Waals surface area contributed by atoms with Crippen LogP contribution in [-0.4, -0.2) is 56.6 Å². The molecular weight excluding hydrogens is 222 g/mol. The maximum absolute atomic E-state index is 5.76. The molecule has 1 saturated heterocycles. The molecule has 2 rings (SSSR count). The summed E-state index contributed by atoms with van der Waals surface area (Å²) in [6.45, 7) is 6.08. The zero-order valence-corrected chi connectivity index (χ0v) is 12.3. The Morgan fingerprint density at radius 3 is 2.17 bits per heavy atom. The third-order valence-corrected chi connectivity index (χ3v) is 4.93. The number of nitrogens with zero attached hydrogens (tertiary/aromatic N) is 2. The third-order valence-electron chi connectivity index (χ3n) is 4.93. The van der Waals surface area contributed by atoms with Gasteiger partial charge in [0, 0.05) is 19.6 Å². The molecule has 0 spiro atoms. The number of rotatable bonds is 5. The van der Waals surface area contributed by atoms with Gasteiger partial charge in [0.25, 0.3) is 0 Å². The molecule has 1 aliphatic carbocycles. The summed E-state index contributed by atoms with van der Waals surface area (Å²) in [5.41, 5.74) is 5.76. The topological polar surface area (TPSA) is 32.5 Å². The van der Waals surface area contributed by atoms with E-state index < -0.39 is 0 Å². The molecule has 0 aromatic carbocycles. The highest BCUT2D eigenvalue weighted by Gasteiger charge is 2.24. The molecule has 0 bridgehead atoms. The molecule has 2 N–H and O–H groups in total. The fraction of sp³-hybridized carbons (Fsp3) is 1.00. The van der Waals surface area contributed by atoms with Crippen LogP contribution in [0.25, 0.3) is 0 Å². The Labute approximate surface area is 113 Å². The van der Waals surface area contributed by atoms with Gasteiger partial charge in [-0.25, -0.2) is 0 Å². The first kappa shape index (κ1) is 14.3. The lowest BCUT2D eigenvalue weighted by Crippen LogP contribution is -2.33. The van der Waals surface area contributed by atoms with Crippen molar-refractivity contribution in [1.29, 1.82) is 0 Å². The summed E-state index contributed by atoms with van der Waals surface area (Å²) in [6.07, 6.45) is 6.91. The molecule has 1 atom stereocenters. The fourth-order valence-electron chi connectivity index (χ4n) is 3.78. The SMILES string of the molecule is CN1CCC(CN(C)CC2CCC(CN)CC2)C1. The average molecular weight is 253 g/mol. The van der Waals surface area contributed by atoms with E-state index in [4.69, 9.17) is 5.73 Å². The first-order valence-electron chi connectivity index (χ1n) is 7.74. The lowest BCUT2D eigenvalue weighted by molar-refractivity contribution is 0.188. The monoisotopic (exact) mass is 253 g/mol. The maximum atomic E-state index is 5.76. The first-order valence-corrected chi connectivity index (χ1v) is 7.74. The molecular formula is C15H31N3. The molecule has 0 radical (unpaired) electrons. The second-order valence-electron chi connectivity index (χ2n) is 6.76. The van der Waals surface area contributed by atoms with Gasteiger partial charge in [-0.3, -0.25) is 0 Å². The second-order valence-corrected chi connectivity index (χ2v) is 6.76. The van der Waals surface area contributed by atoms with E-state index in [2.05, 4.69) is 23.9 Å². The van der Waals surface area contributed by atoms with E-state index in [1.807, 2.05) is 0 Å². The Bertz CT molecular complexity index is 236. The summed E-state index contributed by atoms with van der Waals surface area (Å²) in [7, 11) is 4.56. The summed E-state index contributed by atoms with van der Waals surface area (Å²) in [5.74, 6) is 2.65. The van der Waals surface area contributed by atoms with Crippen LogP contribution in [0.4, 0.5) is 0 Å². The molecule has 18 heavy (non-hydrogen) atoms. The van der Waals surface area contributed by atoms with Crippen molar-refractivity contribution in [1.82, 2.24) is 9.80 Å². The van der Waals surface area contributed by atoms with Crippen LogP contribution in [0.3, 0.4) is 0 Å². The average Bonchev–Trinajstić information content (AvgIpc) is 2.75. The number of hydrogen-bond donors (Lipinski definition) is 1. The van der Waals surface area contributed by atoms with E-state index in [1.54, 1.807) is 0 Å². The largest absolute Gasteiger partial charge is 0.330 e. The fourth-order valence-corrected chi connectivity index (χ4v) is 3.78. The van der Waals surface area contributed by atoms with Gasteiger partial charge in [-0.1, -0.05) is 0 Å². The van der Waals surface area contributed by atoms with Crippen LogP contribution in [0, 0.1) is 17.8 Å². The Balaban J connectivity index is 1.64. The minimum Gasteiger partial charge on any atom is -0.330 e. The molecule has 3 nitrogen and oxygen atoms in total. The molecule has 1 heterocycles. The Morgan fingerprint density at radius 2 is 1.61 bits per heavy atom. The summed E-state index contributed by atoms with van der Waals surface area (Å²) in [6, 6.07) is 0. The Morgan fingerprint density at radius 1 is 1.00 bits per heavy atom. The van der Waals surface area contributed by atoms with Gasteiger partial charge in [-0.2, -0.15) is 0 Å². The second kappa shape index (κ2) is 6.88. The molecule has 3 heteroatoms. The molecule has 1 aliphatic heterocycles. The summed E-state index contributed by atoms with van der Waals surface area (Å²) < 4.78 is 0. The van der Waals surface area contributed by atoms with E-state index in [-0.39, 0.29) is 0 Å². The summed E-state index contributed by atoms with van der Waals surface area (Å²) in [5, 5.41) is 0. The predicted molar refractivity (Wildman–Crippen MR) is 77.6 cm³/mol. The lowest BCUT2D eigenvalue weighted by Gasteiger charge is -2.31. The van der Waals surface area contributed by atoms with Crippen molar-refractivity contribution in [2.75, 3.05) is 46.8 Å². The molecule has 1 unspecified atom stereocenters. The molecule has 0 amide bonds. The van der Waals surface area contributed by atoms with Gasteiger partial charge in [0.1, 0.15) is 0 Å². The van der Waals surface area contributed by atoms with E-state index in [0.29, 0.717) is 0 Å². The molecule has 106 valence electrons. The highest BCUT2D eigenvalue weighted by atomic mass is 15.1. The minimum atomic E-state index is 0.815. The zero-order valence-electron chi connectivity index (χ0n) is 12.3. The van der Waals surface area contributed by atoms with Gasteiger partial charge in [-0.15, -0.1) is 0 Å². The van der Waals surface area contributed by atoms with Crippen molar-refractivity contribution in [3.8, 4) is 0 Å². The molecule has 2 fully saturated rings. The summed E-state index contributed by atoms with van der Waals surface area (Å²) in [4.78, 5) is 5.04. The van der Waals surface area contributed by atoms with Crippen molar-refractivity contribution in [2.24, 2.45) is 23.5 Å². The van der Waals surface area contributed by atoms with Crippen LogP contribution in [0.5, 0.6) is 0 Å². The maximum Gasteiger partial charge on any atom is 0.00194 e. The van der Waals surface area contributed by atoms with Gasteiger partial charge in [0.15, 0.2) is 0 Å². The number of hydrogen-bond acceptors (Lipinski definition) is 3. The van der Waals surface area contributed by atoms with Crippen molar-refractivity contribution in [2.45, 2.75) is 32.1 Å². The molecule has 0 aromatic rings. The normalized spacial score (nSPS) is 34.3.